The number of Topliss-reactive ketones (excluding diaryl/α,β-unsaturated/α-hetero) is 1. The maximum absolute atomic E-state index is 11.7. The van der Waals surface area contributed by atoms with E-state index in [0.29, 0.717) is 18.4 Å². The molecule has 128 valence electrons. The Morgan fingerprint density at radius 3 is 2.62 bits per heavy atom. The topological polar surface area (TPSA) is 47.6 Å². The van der Waals surface area contributed by atoms with Gasteiger partial charge in [-0.2, -0.15) is 0 Å². The van der Waals surface area contributed by atoms with Crippen LogP contribution in [-0.4, -0.2) is 19.0 Å². The SMILES string of the molecule is COc1ccc(NC2=C(C)C(=O)CC2)cc1O[C@H]1C[C@H]2CC[C@H]1C2. The van der Waals surface area contributed by atoms with Crippen LogP contribution in [0.15, 0.2) is 29.5 Å². The van der Waals surface area contributed by atoms with E-state index in [4.69, 9.17) is 9.47 Å². The van der Waals surface area contributed by atoms with E-state index in [1.54, 1.807) is 7.11 Å². The number of hydrogen-bond donors (Lipinski definition) is 1. The van der Waals surface area contributed by atoms with Gasteiger partial charge in [-0.05, 0) is 63.0 Å². The maximum Gasteiger partial charge on any atom is 0.163 e. The average Bonchev–Trinajstić information content (AvgIpc) is 3.28. The Morgan fingerprint density at radius 2 is 2.00 bits per heavy atom. The number of rotatable bonds is 5. The number of allylic oxidation sites excluding steroid dienone is 2. The Bertz CT molecular complexity index is 694. The average molecular weight is 327 g/mol. The molecule has 4 heteroatoms. The molecule has 1 N–H and O–H groups in total. The zero-order valence-corrected chi connectivity index (χ0v) is 14.4. The molecule has 3 aliphatic rings. The fourth-order valence-electron chi connectivity index (χ4n) is 4.45. The molecule has 1 aromatic rings. The summed E-state index contributed by atoms with van der Waals surface area (Å²) in [7, 11) is 1.68. The van der Waals surface area contributed by atoms with Crippen molar-refractivity contribution in [1.29, 1.82) is 0 Å². The van der Waals surface area contributed by atoms with E-state index in [9.17, 15) is 4.79 Å². The minimum atomic E-state index is 0.240. The van der Waals surface area contributed by atoms with Crippen LogP contribution in [0.1, 0.15) is 45.4 Å². The van der Waals surface area contributed by atoms with E-state index < -0.39 is 0 Å². The maximum atomic E-state index is 11.7. The van der Waals surface area contributed by atoms with E-state index >= 15 is 0 Å². The van der Waals surface area contributed by atoms with Crippen molar-refractivity contribution >= 4 is 11.5 Å². The number of ether oxygens (including phenoxy) is 2. The third-order valence-electron chi connectivity index (χ3n) is 5.88. The number of nitrogens with one attached hydrogen (secondary N) is 1. The third kappa shape index (κ3) is 2.79. The second-order valence-electron chi connectivity index (χ2n) is 7.35. The van der Waals surface area contributed by atoms with Gasteiger partial charge in [0, 0.05) is 29.4 Å². The fourth-order valence-corrected chi connectivity index (χ4v) is 4.45. The van der Waals surface area contributed by atoms with Crippen molar-refractivity contribution in [2.24, 2.45) is 11.8 Å². The molecule has 24 heavy (non-hydrogen) atoms. The highest BCUT2D eigenvalue weighted by molar-refractivity contribution is 5.98. The van der Waals surface area contributed by atoms with Crippen LogP contribution in [0.5, 0.6) is 11.5 Å². The van der Waals surface area contributed by atoms with Gasteiger partial charge in [-0.3, -0.25) is 4.79 Å². The summed E-state index contributed by atoms with van der Waals surface area (Å²) in [4.78, 5) is 11.7. The summed E-state index contributed by atoms with van der Waals surface area (Å²) in [5.74, 6) is 3.38. The van der Waals surface area contributed by atoms with Crippen LogP contribution in [0.4, 0.5) is 5.69 Å². The Labute approximate surface area is 143 Å². The van der Waals surface area contributed by atoms with Crippen molar-refractivity contribution in [1.82, 2.24) is 0 Å². The highest BCUT2D eigenvalue weighted by atomic mass is 16.5. The summed E-state index contributed by atoms with van der Waals surface area (Å²) in [6, 6.07) is 5.93. The first-order chi connectivity index (χ1) is 11.6. The molecule has 3 atom stereocenters. The van der Waals surface area contributed by atoms with Crippen molar-refractivity contribution in [3.63, 3.8) is 0 Å². The van der Waals surface area contributed by atoms with Crippen LogP contribution in [0.25, 0.3) is 0 Å². The number of hydrogen-bond acceptors (Lipinski definition) is 4. The van der Waals surface area contributed by atoms with Crippen LogP contribution in [0.3, 0.4) is 0 Å². The molecule has 0 heterocycles. The Balaban J connectivity index is 1.53. The molecule has 0 aliphatic heterocycles. The second kappa shape index (κ2) is 6.15. The Kier molecular flexibility index (Phi) is 3.99. The van der Waals surface area contributed by atoms with Crippen molar-refractivity contribution in [2.45, 2.75) is 51.6 Å². The summed E-state index contributed by atoms with van der Waals surface area (Å²) >= 11 is 0. The lowest BCUT2D eigenvalue weighted by molar-refractivity contribution is -0.114. The molecular weight excluding hydrogens is 302 g/mol. The molecule has 2 saturated carbocycles. The molecule has 2 bridgehead atoms. The molecule has 4 nitrogen and oxygen atoms in total. The minimum Gasteiger partial charge on any atom is -0.493 e. The number of carbonyl (C=O) groups excluding carboxylic acids is 1. The molecule has 0 spiro atoms. The lowest BCUT2D eigenvalue weighted by Gasteiger charge is -2.24. The third-order valence-corrected chi connectivity index (χ3v) is 5.88. The lowest BCUT2D eigenvalue weighted by atomic mass is 9.98. The van der Waals surface area contributed by atoms with E-state index in [0.717, 1.165) is 40.8 Å². The van der Waals surface area contributed by atoms with E-state index in [-0.39, 0.29) is 5.78 Å². The largest absolute Gasteiger partial charge is 0.493 e. The van der Waals surface area contributed by atoms with Crippen molar-refractivity contribution < 1.29 is 14.3 Å². The number of fused-ring (bicyclic) bond motifs is 2. The van der Waals surface area contributed by atoms with Gasteiger partial charge in [0.05, 0.1) is 7.11 Å². The fraction of sp³-hybridized carbons (Fsp3) is 0.550. The first-order valence-corrected chi connectivity index (χ1v) is 8.98. The van der Waals surface area contributed by atoms with Gasteiger partial charge in [0.15, 0.2) is 17.3 Å². The van der Waals surface area contributed by atoms with Gasteiger partial charge in [-0.1, -0.05) is 0 Å². The van der Waals surface area contributed by atoms with Gasteiger partial charge in [0.25, 0.3) is 0 Å². The van der Waals surface area contributed by atoms with E-state index in [2.05, 4.69) is 5.32 Å². The highest BCUT2D eigenvalue weighted by Gasteiger charge is 2.41. The van der Waals surface area contributed by atoms with Gasteiger partial charge in [0.1, 0.15) is 6.10 Å². The van der Waals surface area contributed by atoms with Crippen LogP contribution < -0.4 is 14.8 Å². The number of methoxy groups -OCH3 is 1. The second-order valence-corrected chi connectivity index (χ2v) is 7.35. The number of benzene rings is 1. The van der Waals surface area contributed by atoms with Gasteiger partial charge >= 0.3 is 0 Å². The summed E-state index contributed by atoms with van der Waals surface area (Å²) < 4.78 is 11.8. The minimum absolute atomic E-state index is 0.240. The molecule has 0 unspecified atom stereocenters. The Hall–Kier alpha value is -1.97. The number of anilines is 1. The quantitative estimate of drug-likeness (QED) is 0.875. The van der Waals surface area contributed by atoms with Crippen molar-refractivity contribution in [3.05, 3.63) is 29.5 Å². The van der Waals surface area contributed by atoms with Gasteiger partial charge in [-0.25, -0.2) is 0 Å². The van der Waals surface area contributed by atoms with Gasteiger partial charge in [0.2, 0.25) is 0 Å². The van der Waals surface area contributed by atoms with Crippen LogP contribution in [0.2, 0.25) is 0 Å². The normalized spacial score (nSPS) is 28.6. The molecule has 0 aromatic heterocycles. The summed E-state index contributed by atoms with van der Waals surface area (Å²) in [5, 5.41) is 3.39. The molecule has 2 fully saturated rings. The van der Waals surface area contributed by atoms with Crippen molar-refractivity contribution in [3.8, 4) is 11.5 Å². The summed E-state index contributed by atoms with van der Waals surface area (Å²) in [6.45, 7) is 1.90. The first kappa shape index (κ1) is 15.6. The summed E-state index contributed by atoms with van der Waals surface area (Å²) in [5.41, 5.74) is 2.83. The molecule has 0 amide bonds. The molecule has 4 rings (SSSR count). The monoisotopic (exact) mass is 327 g/mol. The Morgan fingerprint density at radius 1 is 1.12 bits per heavy atom. The van der Waals surface area contributed by atoms with E-state index in [1.165, 1.54) is 25.7 Å². The van der Waals surface area contributed by atoms with Crippen LogP contribution in [-0.2, 0) is 4.79 Å². The highest BCUT2D eigenvalue weighted by Crippen LogP contribution is 2.47. The number of carbonyl (C=O) groups is 1. The molecule has 0 radical (unpaired) electrons. The summed E-state index contributed by atoms with van der Waals surface area (Å²) in [6.07, 6.45) is 6.87. The van der Waals surface area contributed by atoms with Crippen molar-refractivity contribution in [2.75, 3.05) is 12.4 Å². The predicted octanol–water partition coefficient (Wildman–Crippen LogP) is 4.31. The standard InChI is InChI=1S/C20H25NO3/c1-12-16(6-7-17(12)22)21-15-5-8-18(23-2)20(11-15)24-19-10-13-3-4-14(19)9-13/h5,8,11,13-14,19,21H,3-4,6-7,9-10H2,1-2H3/t13-,14-,19-/m0/s1. The number of ketones is 1. The predicted molar refractivity (Wildman–Crippen MR) is 93.4 cm³/mol. The zero-order valence-electron chi connectivity index (χ0n) is 14.4. The van der Waals surface area contributed by atoms with Crippen LogP contribution >= 0.6 is 0 Å². The molecule has 3 aliphatic carbocycles. The van der Waals surface area contributed by atoms with E-state index in [1.807, 2.05) is 25.1 Å². The van der Waals surface area contributed by atoms with Gasteiger partial charge in [-0.15, -0.1) is 0 Å². The first-order valence-electron chi connectivity index (χ1n) is 8.98. The lowest BCUT2D eigenvalue weighted by Crippen LogP contribution is -2.23. The molecule has 1 aromatic carbocycles. The molecular formula is C20H25NO3. The smallest absolute Gasteiger partial charge is 0.163 e. The zero-order chi connectivity index (χ0) is 16.7. The van der Waals surface area contributed by atoms with Crippen LogP contribution in [0, 0.1) is 11.8 Å². The van der Waals surface area contributed by atoms with Gasteiger partial charge < -0.3 is 14.8 Å². The molecule has 0 saturated heterocycles.